The lowest BCUT2D eigenvalue weighted by Gasteiger charge is -1.99. The normalized spacial score (nSPS) is 14.2. The van der Waals surface area contributed by atoms with Gasteiger partial charge in [0.25, 0.3) is 5.91 Å². The lowest BCUT2D eigenvalue weighted by Crippen LogP contribution is -2.19. The molecule has 5 heteroatoms. The third kappa shape index (κ3) is 7.48. The predicted octanol–water partition coefficient (Wildman–Crippen LogP) is -0.0221. The molecule has 0 aromatic carbocycles. The van der Waals surface area contributed by atoms with Gasteiger partial charge < -0.3 is 5.73 Å². The Hall–Kier alpha value is -0.420. The van der Waals surface area contributed by atoms with Crippen molar-refractivity contribution in [1.29, 1.82) is 0 Å². The van der Waals surface area contributed by atoms with Gasteiger partial charge in [-0.05, 0) is 6.92 Å². The van der Waals surface area contributed by atoms with E-state index in [-0.39, 0.29) is 18.4 Å². The average Bonchev–Trinajstić information content (AvgIpc) is 1.53. The van der Waals surface area contributed by atoms with Gasteiger partial charge in [-0.2, -0.15) is 4.36 Å². The third-order valence-corrected chi connectivity index (χ3v) is 1.46. The molecule has 1 amide bonds. The van der Waals surface area contributed by atoms with Crippen LogP contribution in [0.5, 0.6) is 0 Å². The Morgan fingerprint density at radius 2 is 2.09 bits per heavy atom. The second kappa shape index (κ2) is 3.82. The topological polar surface area (TPSA) is 72.5 Å². The Bertz CT molecular complexity index is 243. The van der Waals surface area contributed by atoms with Gasteiger partial charge in [-0.15, -0.1) is 0 Å². The summed E-state index contributed by atoms with van der Waals surface area (Å²) in [5, 5.41) is 0. The van der Waals surface area contributed by atoms with Crippen LogP contribution in [0.25, 0.3) is 0 Å². The molecule has 1 atom stereocenters. The van der Waals surface area contributed by atoms with Crippen LogP contribution in [0, 0.1) is 0 Å². The van der Waals surface area contributed by atoms with Gasteiger partial charge in [0.2, 0.25) is 0 Å². The van der Waals surface area contributed by atoms with Crippen molar-refractivity contribution >= 4 is 15.6 Å². The third-order valence-electron chi connectivity index (χ3n) is 0.818. The minimum atomic E-state index is -2.30. The second-order valence-electron chi connectivity index (χ2n) is 2.85. The molecular weight excluding hydrogens is 164 g/mol. The van der Waals surface area contributed by atoms with Crippen LogP contribution in [0.15, 0.2) is 4.36 Å². The van der Waals surface area contributed by atoms with E-state index >= 15 is 0 Å². The highest BCUT2D eigenvalue weighted by atomic mass is 32.2. The quantitative estimate of drug-likeness (QED) is 0.645. The molecule has 0 saturated carbocycles. The van der Waals surface area contributed by atoms with Crippen molar-refractivity contribution < 1.29 is 9.00 Å². The van der Waals surface area contributed by atoms with Crippen LogP contribution >= 0.6 is 0 Å². The van der Waals surface area contributed by atoms with Crippen LogP contribution in [0.4, 0.5) is 0 Å². The van der Waals surface area contributed by atoms with Crippen molar-refractivity contribution in [2.75, 3.05) is 12.5 Å². The summed E-state index contributed by atoms with van der Waals surface area (Å²) in [7, 11) is -2.30. The first kappa shape index (κ1) is 10.6. The van der Waals surface area contributed by atoms with Gasteiger partial charge in [-0.3, -0.25) is 4.79 Å². The summed E-state index contributed by atoms with van der Waals surface area (Å²) in [6.45, 7) is 1.71. The summed E-state index contributed by atoms with van der Waals surface area (Å²) in [4.78, 5) is 10.8. The molecule has 0 spiro atoms. The van der Waals surface area contributed by atoms with E-state index in [2.05, 4.69) is 4.36 Å². The molecule has 0 aliphatic rings. The van der Waals surface area contributed by atoms with Crippen LogP contribution in [-0.4, -0.2) is 28.7 Å². The Labute approximate surface area is 67.3 Å². The smallest absolute Gasteiger partial charge is 0.255 e. The molecule has 11 heavy (non-hydrogen) atoms. The van der Waals surface area contributed by atoms with Gasteiger partial charge in [-0.1, -0.05) is 0 Å². The summed E-state index contributed by atoms with van der Waals surface area (Å²) in [5.41, 5.74) is 5.34. The highest BCUT2D eigenvalue weighted by molar-refractivity contribution is 7.92. The highest BCUT2D eigenvalue weighted by Crippen LogP contribution is 1.93. The molecular formula is C6H14N2O2S. The van der Waals surface area contributed by atoms with E-state index in [1.165, 1.54) is 12.5 Å². The lowest BCUT2D eigenvalue weighted by atomic mass is 10.2. The fourth-order valence-corrected chi connectivity index (χ4v) is 1.12. The number of rotatable bonds is 2. The van der Waals surface area contributed by atoms with Gasteiger partial charge in [-0.25, -0.2) is 4.21 Å². The number of carbonyl (C=O) groups is 1. The van der Waals surface area contributed by atoms with E-state index in [1.54, 1.807) is 6.92 Å². The number of nitrogens with zero attached hydrogens (tertiary/aromatic N) is 1. The number of hydrogen-bond acceptors (Lipinski definition) is 3. The first-order valence-electron chi connectivity index (χ1n) is 3.27. The van der Waals surface area contributed by atoms with E-state index < -0.39 is 9.73 Å². The van der Waals surface area contributed by atoms with Crippen molar-refractivity contribution in [2.24, 2.45) is 10.1 Å². The SMILES string of the molecule is CC(N)CC(=O)N=S(C)(C)=O. The monoisotopic (exact) mass is 178 g/mol. The average molecular weight is 178 g/mol. The van der Waals surface area contributed by atoms with Crippen LogP contribution in [0.1, 0.15) is 13.3 Å². The molecule has 1 unspecified atom stereocenters. The van der Waals surface area contributed by atoms with Gasteiger partial charge in [0, 0.05) is 34.7 Å². The molecule has 0 aromatic rings. The molecule has 0 heterocycles. The van der Waals surface area contributed by atoms with E-state index in [9.17, 15) is 9.00 Å². The van der Waals surface area contributed by atoms with Gasteiger partial charge in [0.05, 0.1) is 0 Å². The van der Waals surface area contributed by atoms with E-state index in [4.69, 9.17) is 5.73 Å². The standard InChI is InChI=1S/C6H14N2O2S/c1-5(7)4-6(9)8-11(2,3)10/h5H,4,7H2,1-3H3. The maximum absolute atomic E-state index is 11.0. The maximum Gasteiger partial charge on any atom is 0.255 e. The predicted molar refractivity (Wildman–Crippen MR) is 45.7 cm³/mol. The summed E-state index contributed by atoms with van der Waals surface area (Å²) in [6, 6.07) is -0.215. The maximum atomic E-state index is 11.0. The van der Waals surface area contributed by atoms with Crippen molar-refractivity contribution in [1.82, 2.24) is 0 Å². The number of amides is 1. The van der Waals surface area contributed by atoms with Crippen molar-refractivity contribution in [3.8, 4) is 0 Å². The molecule has 4 nitrogen and oxygen atoms in total. The largest absolute Gasteiger partial charge is 0.327 e. The van der Waals surface area contributed by atoms with E-state index in [1.807, 2.05) is 0 Å². The fraction of sp³-hybridized carbons (Fsp3) is 0.833. The van der Waals surface area contributed by atoms with Crippen LogP contribution in [0.2, 0.25) is 0 Å². The zero-order chi connectivity index (χ0) is 9.07. The van der Waals surface area contributed by atoms with Crippen molar-refractivity contribution in [3.05, 3.63) is 0 Å². The molecule has 0 saturated heterocycles. The lowest BCUT2D eigenvalue weighted by molar-refractivity contribution is -0.117. The first-order valence-corrected chi connectivity index (χ1v) is 5.60. The van der Waals surface area contributed by atoms with Crippen LogP contribution in [0.3, 0.4) is 0 Å². The molecule has 0 bridgehead atoms. The fourth-order valence-electron chi connectivity index (χ4n) is 0.558. The Morgan fingerprint density at radius 1 is 1.64 bits per heavy atom. The van der Waals surface area contributed by atoms with E-state index in [0.29, 0.717) is 0 Å². The number of nitrogens with two attached hydrogens (primary N) is 1. The molecule has 0 rings (SSSR count). The molecule has 0 aliphatic carbocycles. The zero-order valence-electron chi connectivity index (χ0n) is 7.03. The van der Waals surface area contributed by atoms with Gasteiger partial charge in [0.1, 0.15) is 0 Å². The van der Waals surface area contributed by atoms with Gasteiger partial charge in [0.15, 0.2) is 0 Å². The van der Waals surface area contributed by atoms with Gasteiger partial charge >= 0.3 is 0 Å². The number of hydrogen-bond donors (Lipinski definition) is 1. The van der Waals surface area contributed by atoms with Crippen molar-refractivity contribution in [3.63, 3.8) is 0 Å². The summed E-state index contributed by atoms with van der Waals surface area (Å²) in [5.74, 6) is -0.380. The summed E-state index contributed by atoms with van der Waals surface area (Å²) < 4.78 is 14.4. The highest BCUT2D eigenvalue weighted by Gasteiger charge is 2.04. The molecule has 66 valence electrons. The second-order valence-corrected chi connectivity index (χ2v) is 5.39. The van der Waals surface area contributed by atoms with Crippen LogP contribution in [-0.2, 0) is 14.5 Å². The molecule has 0 aromatic heterocycles. The minimum absolute atomic E-state index is 0.165. The molecule has 0 radical (unpaired) electrons. The van der Waals surface area contributed by atoms with E-state index in [0.717, 1.165) is 0 Å². The number of carbonyl (C=O) groups excluding carboxylic acids is 1. The Morgan fingerprint density at radius 3 is 2.36 bits per heavy atom. The first-order chi connectivity index (χ1) is 4.81. The Kier molecular flexibility index (Phi) is 3.68. The molecule has 2 N–H and O–H groups in total. The molecule has 0 aliphatic heterocycles. The summed E-state index contributed by atoms with van der Waals surface area (Å²) in [6.07, 6.45) is 3.01. The Balaban J connectivity index is 4.21. The van der Waals surface area contributed by atoms with Crippen molar-refractivity contribution in [2.45, 2.75) is 19.4 Å². The minimum Gasteiger partial charge on any atom is -0.327 e. The summed E-state index contributed by atoms with van der Waals surface area (Å²) >= 11 is 0. The zero-order valence-corrected chi connectivity index (χ0v) is 7.85. The molecule has 0 fully saturated rings. The van der Waals surface area contributed by atoms with Crippen LogP contribution < -0.4 is 5.73 Å².